The summed E-state index contributed by atoms with van der Waals surface area (Å²) in [6, 6.07) is 0. The summed E-state index contributed by atoms with van der Waals surface area (Å²) < 4.78 is 53.7. The Labute approximate surface area is 277 Å². The van der Waals surface area contributed by atoms with E-state index in [0.717, 1.165) is 37.6 Å². The summed E-state index contributed by atoms with van der Waals surface area (Å²) in [5.41, 5.74) is 0. The van der Waals surface area contributed by atoms with Crippen LogP contribution in [0.3, 0.4) is 0 Å². The molecular weight excluding hydrogens is 598 g/mol. The fourth-order valence-electron chi connectivity index (χ4n) is 4.51. The molecule has 10 nitrogen and oxygen atoms in total. The van der Waals surface area contributed by atoms with Crippen LogP contribution in [0.4, 0.5) is 0 Å². The number of rotatable bonds is 33. The van der Waals surface area contributed by atoms with Crippen molar-refractivity contribution in [2.75, 3.05) is 81.0 Å². The van der Waals surface area contributed by atoms with Gasteiger partial charge in [-0.2, -0.15) is 0 Å². The molecule has 0 aliphatic carbocycles. The molecule has 0 heterocycles. The third-order valence-corrected chi connectivity index (χ3v) is 7.74. The van der Waals surface area contributed by atoms with Crippen LogP contribution < -0.4 is 0 Å². The van der Waals surface area contributed by atoms with Crippen molar-refractivity contribution in [1.29, 1.82) is 0 Å². The minimum atomic E-state index is -4.41. The molecule has 0 unspecified atom stereocenters. The molecule has 0 aliphatic rings. The number of unbranched alkanes of at least 4 members (excludes halogenated alkanes) is 18. The Morgan fingerprint density at radius 1 is 0.556 bits per heavy atom. The van der Waals surface area contributed by atoms with Gasteiger partial charge in [-0.25, -0.2) is 8.42 Å². The quantitative estimate of drug-likeness (QED) is 0.0235. The molecule has 272 valence electrons. The van der Waals surface area contributed by atoms with Gasteiger partial charge in [0.05, 0.1) is 67.9 Å². The number of hydrogen-bond donors (Lipinski definition) is 0. The second-order valence-electron chi connectivity index (χ2n) is 12.8. The number of esters is 1. The van der Waals surface area contributed by atoms with Crippen molar-refractivity contribution in [1.82, 2.24) is 0 Å². The summed E-state index contributed by atoms with van der Waals surface area (Å²) in [6.07, 6.45) is 26.4. The van der Waals surface area contributed by atoms with Crippen molar-refractivity contribution in [2.24, 2.45) is 0 Å². The Hall–Kier alpha value is -0.820. The number of ether oxygens (including phenoxy) is 4. The average Bonchev–Trinajstić information content (AvgIpc) is 2.98. The molecule has 45 heavy (non-hydrogen) atoms. The topological polar surface area (TPSA) is 120 Å². The van der Waals surface area contributed by atoms with Crippen molar-refractivity contribution >= 4 is 16.4 Å². The highest BCUT2D eigenvalue weighted by molar-refractivity contribution is 7.80. The van der Waals surface area contributed by atoms with Crippen molar-refractivity contribution in [3.8, 4) is 0 Å². The number of nitrogens with zero attached hydrogens (tertiary/aromatic N) is 1. The minimum absolute atomic E-state index is 0.104. The lowest BCUT2D eigenvalue weighted by molar-refractivity contribution is -0.870. The number of quaternary nitrogens is 1. The highest BCUT2D eigenvalue weighted by atomic mass is 32.3. The molecule has 0 aliphatic heterocycles. The van der Waals surface area contributed by atoms with Crippen LogP contribution in [0, 0.1) is 0 Å². The van der Waals surface area contributed by atoms with Gasteiger partial charge in [0.15, 0.2) is 0 Å². The summed E-state index contributed by atoms with van der Waals surface area (Å²) in [6.45, 7) is 7.00. The maximum Gasteiger partial charge on any atom is 0.305 e. The van der Waals surface area contributed by atoms with Crippen LogP contribution in [0.1, 0.15) is 135 Å². The number of carbonyl (C=O) groups is 1. The Kier molecular flexibility index (Phi) is 35.5. The summed E-state index contributed by atoms with van der Waals surface area (Å²) in [4.78, 5) is 11.8. The highest BCUT2D eigenvalue weighted by Gasteiger charge is 2.05. The van der Waals surface area contributed by atoms with Gasteiger partial charge in [0.1, 0.15) is 13.2 Å². The summed E-state index contributed by atoms with van der Waals surface area (Å²) in [5, 5.41) is 0. The lowest BCUT2D eigenvalue weighted by Gasteiger charge is -2.23. The SMILES string of the molecule is CCCCCCCCCCCCCCCCCCCCCC(=O)OCCOCCOCCOCC[N+](C)(C)C.COS(=O)(=O)[O-]. The lowest BCUT2D eigenvalue weighted by atomic mass is 10.0. The molecule has 0 saturated carbocycles. The van der Waals surface area contributed by atoms with Gasteiger partial charge in [-0.15, -0.1) is 0 Å². The Bertz CT molecular complexity index is 715. The Morgan fingerprint density at radius 3 is 1.20 bits per heavy atom. The van der Waals surface area contributed by atoms with E-state index in [2.05, 4.69) is 32.2 Å². The van der Waals surface area contributed by atoms with Crippen LogP contribution in [-0.4, -0.2) is 104 Å². The van der Waals surface area contributed by atoms with Crippen molar-refractivity contribution in [3.63, 3.8) is 0 Å². The molecule has 11 heteroatoms. The maximum absolute atomic E-state index is 11.8. The molecule has 0 spiro atoms. The molecule has 0 saturated heterocycles. The maximum atomic E-state index is 11.8. The predicted octanol–water partition coefficient (Wildman–Crippen LogP) is 7.20. The molecule has 0 fully saturated rings. The van der Waals surface area contributed by atoms with Gasteiger partial charge >= 0.3 is 5.97 Å². The molecule has 0 aromatic heterocycles. The van der Waals surface area contributed by atoms with Gasteiger partial charge in [-0.3, -0.25) is 8.98 Å². The van der Waals surface area contributed by atoms with Gasteiger partial charge in [0.25, 0.3) is 0 Å². The van der Waals surface area contributed by atoms with Crippen LogP contribution in [0.25, 0.3) is 0 Å². The number of carbonyl (C=O) groups excluding carboxylic acids is 1. The van der Waals surface area contributed by atoms with E-state index in [9.17, 15) is 17.8 Å². The monoisotopic (exact) mass is 669 g/mol. The van der Waals surface area contributed by atoms with E-state index in [1.807, 2.05) is 0 Å². The Morgan fingerprint density at radius 2 is 0.867 bits per heavy atom. The van der Waals surface area contributed by atoms with E-state index < -0.39 is 10.4 Å². The molecule has 0 bridgehead atoms. The van der Waals surface area contributed by atoms with Gasteiger partial charge < -0.3 is 28.0 Å². The third-order valence-electron chi connectivity index (χ3n) is 7.33. The molecule has 0 N–H and O–H groups in total. The molecule has 0 aromatic carbocycles. The first-order valence-electron chi connectivity index (χ1n) is 17.7. The summed E-state index contributed by atoms with van der Waals surface area (Å²) >= 11 is 0. The van der Waals surface area contributed by atoms with E-state index in [1.165, 1.54) is 109 Å². The fraction of sp³-hybridized carbons (Fsp3) is 0.971. The van der Waals surface area contributed by atoms with Crippen molar-refractivity contribution in [2.45, 2.75) is 135 Å². The predicted molar refractivity (Wildman–Crippen MR) is 181 cm³/mol. The van der Waals surface area contributed by atoms with Crippen molar-refractivity contribution in [3.05, 3.63) is 0 Å². The highest BCUT2D eigenvalue weighted by Crippen LogP contribution is 2.15. The van der Waals surface area contributed by atoms with Crippen LogP contribution >= 0.6 is 0 Å². The first kappa shape index (κ1) is 46.3. The van der Waals surface area contributed by atoms with Crippen molar-refractivity contribution < 1.29 is 45.4 Å². The molecule has 0 atom stereocenters. The van der Waals surface area contributed by atoms with Gasteiger partial charge in [0, 0.05) is 6.42 Å². The zero-order chi connectivity index (χ0) is 33.9. The summed E-state index contributed by atoms with van der Waals surface area (Å²) in [7, 11) is 2.85. The first-order valence-corrected chi connectivity index (χ1v) is 19.1. The fourth-order valence-corrected chi connectivity index (χ4v) is 4.51. The smallest absolute Gasteiger partial charge is 0.305 e. The summed E-state index contributed by atoms with van der Waals surface area (Å²) in [5.74, 6) is -0.104. The third kappa shape index (κ3) is 47.7. The molecule has 0 aromatic rings. The normalized spacial score (nSPS) is 11.8. The number of likely N-dealkylation sites (N-methyl/N-ethyl adjacent to an activating group) is 1. The second kappa shape index (κ2) is 34.5. The van der Waals surface area contributed by atoms with E-state index in [4.69, 9.17) is 18.9 Å². The van der Waals surface area contributed by atoms with E-state index >= 15 is 0 Å². The van der Waals surface area contributed by atoms with Crippen LogP contribution in [-0.2, 0) is 38.3 Å². The standard InChI is InChI=1S/C33H68NO5.CH4O4S/c1-5-6-7-8-9-10-11-12-13-14-15-16-17-18-19-20-21-22-23-24-33(35)39-32-31-38-30-29-37-28-27-36-26-25-34(2,3)4;1-5-6(2,3)4/h5-32H2,1-4H3;1H3,(H,2,3,4)/q+1;/p-1. The van der Waals surface area contributed by atoms with Crippen LogP contribution in [0.5, 0.6) is 0 Å². The van der Waals surface area contributed by atoms with E-state index in [0.29, 0.717) is 46.1 Å². The molecule has 0 rings (SSSR count). The largest absolute Gasteiger partial charge is 0.726 e. The van der Waals surface area contributed by atoms with E-state index in [1.54, 1.807) is 0 Å². The average molecular weight is 670 g/mol. The van der Waals surface area contributed by atoms with Crippen LogP contribution in [0.2, 0.25) is 0 Å². The van der Waals surface area contributed by atoms with Gasteiger partial charge in [-0.05, 0) is 6.42 Å². The van der Waals surface area contributed by atoms with Gasteiger partial charge in [0.2, 0.25) is 10.4 Å². The molecule has 0 radical (unpaired) electrons. The second-order valence-corrected chi connectivity index (χ2v) is 13.9. The lowest BCUT2D eigenvalue weighted by Crippen LogP contribution is -2.37. The van der Waals surface area contributed by atoms with E-state index in [-0.39, 0.29) is 5.97 Å². The molecular formula is C34H71NO9S. The van der Waals surface area contributed by atoms with Crippen LogP contribution in [0.15, 0.2) is 0 Å². The zero-order valence-electron chi connectivity index (χ0n) is 29.8. The molecule has 0 amide bonds. The Balaban J connectivity index is 0. The zero-order valence-corrected chi connectivity index (χ0v) is 30.6. The number of hydrogen-bond acceptors (Lipinski definition) is 9. The first-order chi connectivity index (χ1) is 21.5. The minimum Gasteiger partial charge on any atom is -0.726 e. The van der Waals surface area contributed by atoms with Gasteiger partial charge in [-0.1, -0.05) is 122 Å².